The molecule has 0 saturated heterocycles. The lowest BCUT2D eigenvalue weighted by molar-refractivity contribution is 0.0951. The fourth-order valence-corrected chi connectivity index (χ4v) is 2.26. The molecular formula is C12H14ClN3OS. The topological polar surface area (TPSA) is 68.0 Å². The lowest BCUT2D eigenvalue weighted by Gasteiger charge is -2.03. The first kappa shape index (κ1) is 14.6. The van der Waals surface area contributed by atoms with Crippen molar-refractivity contribution in [2.24, 2.45) is 5.73 Å². The highest BCUT2D eigenvalue weighted by Gasteiger charge is 2.15. The highest BCUT2D eigenvalue weighted by molar-refractivity contribution is 7.13. The molecular weight excluding hydrogens is 270 g/mol. The van der Waals surface area contributed by atoms with Crippen molar-refractivity contribution in [3.8, 4) is 10.4 Å². The van der Waals surface area contributed by atoms with E-state index in [0.29, 0.717) is 18.8 Å². The Morgan fingerprint density at radius 3 is 2.72 bits per heavy atom. The molecule has 2 rings (SSSR count). The minimum atomic E-state index is -0.171. The van der Waals surface area contributed by atoms with Crippen LogP contribution in [0.25, 0.3) is 10.4 Å². The fourth-order valence-electron chi connectivity index (χ4n) is 1.47. The van der Waals surface area contributed by atoms with Crippen molar-refractivity contribution in [2.45, 2.75) is 0 Å². The summed E-state index contributed by atoms with van der Waals surface area (Å²) in [6, 6.07) is 9.76. The molecule has 4 nitrogen and oxygen atoms in total. The third-order valence-corrected chi connectivity index (χ3v) is 3.12. The van der Waals surface area contributed by atoms with E-state index in [-0.39, 0.29) is 18.3 Å². The van der Waals surface area contributed by atoms with Gasteiger partial charge in [-0.15, -0.1) is 23.7 Å². The molecule has 1 heterocycles. The molecule has 3 N–H and O–H groups in total. The Balaban J connectivity index is 0.00000162. The second kappa shape index (κ2) is 7.10. The molecule has 0 aliphatic carbocycles. The molecule has 6 heteroatoms. The third-order valence-electron chi connectivity index (χ3n) is 2.25. The van der Waals surface area contributed by atoms with Crippen molar-refractivity contribution in [3.05, 3.63) is 41.5 Å². The van der Waals surface area contributed by atoms with Gasteiger partial charge in [-0.2, -0.15) is 0 Å². The maximum absolute atomic E-state index is 11.8. The molecule has 0 fully saturated rings. The number of halogens is 1. The lowest BCUT2D eigenvalue weighted by Crippen LogP contribution is -2.29. The van der Waals surface area contributed by atoms with E-state index in [2.05, 4.69) is 10.3 Å². The van der Waals surface area contributed by atoms with Crippen LogP contribution in [0.4, 0.5) is 0 Å². The second-order valence-electron chi connectivity index (χ2n) is 3.44. The molecule has 0 atom stereocenters. The number of rotatable bonds is 4. The van der Waals surface area contributed by atoms with Gasteiger partial charge in [0, 0.05) is 13.1 Å². The molecule has 18 heavy (non-hydrogen) atoms. The molecule has 0 unspecified atom stereocenters. The first-order valence-electron chi connectivity index (χ1n) is 5.30. The van der Waals surface area contributed by atoms with Gasteiger partial charge in [0.15, 0.2) is 0 Å². The lowest BCUT2D eigenvalue weighted by atomic mass is 10.1. The second-order valence-corrected chi connectivity index (χ2v) is 4.30. The zero-order chi connectivity index (χ0) is 12.1. The van der Waals surface area contributed by atoms with Gasteiger partial charge < -0.3 is 11.1 Å². The van der Waals surface area contributed by atoms with Crippen molar-refractivity contribution >= 4 is 29.7 Å². The van der Waals surface area contributed by atoms with Crippen molar-refractivity contribution in [2.75, 3.05) is 13.1 Å². The van der Waals surface area contributed by atoms with Crippen LogP contribution in [0.15, 0.2) is 35.8 Å². The molecule has 0 aliphatic rings. The van der Waals surface area contributed by atoms with E-state index in [1.807, 2.05) is 30.3 Å². The fraction of sp³-hybridized carbons (Fsp3) is 0.167. The van der Waals surface area contributed by atoms with Gasteiger partial charge in [0.1, 0.15) is 5.69 Å². The van der Waals surface area contributed by atoms with Crippen LogP contribution in [-0.2, 0) is 0 Å². The Morgan fingerprint density at radius 2 is 2.06 bits per heavy atom. The Kier molecular flexibility index (Phi) is 5.77. The van der Waals surface area contributed by atoms with Crippen LogP contribution < -0.4 is 11.1 Å². The summed E-state index contributed by atoms with van der Waals surface area (Å²) in [5.41, 5.74) is 8.50. The Hall–Kier alpha value is -1.43. The number of aromatic nitrogens is 1. The molecule has 0 radical (unpaired) electrons. The molecule has 1 aromatic heterocycles. The smallest absolute Gasteiger partial charge is 0.271 e. The summed E-state index contributed by atoms with van der Waals surface area (Å²) >= 11 is 1.46. The molecule has 1 amide bonds. The SMILES string of the molecule is Cl.NCCNC(=O)c1ncsc1-c1ccccc1. The van der Waals surface area contributed by atoms with Crippen LogP contribution in [0.2, 0.25) is 0 Å². The number of amides is 1. The van der Waals surface area contributed by atoms with Crippen LogP contribution in [0.3, 0.4) is 0 Å². The summed E-state index contributed by atoms with van der Waals surface area (Å²) in [5, 5.41) is 2.73. The highest BCUT2D eigenvalue weighted by Crippen LogP contribution is 2.27. The zero-order valence-corrected chi connectivity index (χ0v) is 11.3. The van der Waals surface area contributed by atoms with Crippen LogP contribution in [-0.4, -0.2) is 24.0 Å². The number of nitrogens with zero attached hydrogens (tertiary/aromatic N) is 1. The standard InChI is InChI=1S/C12H13N3OS.ClH/c13-6-7-14-12(16)10-11(17-8-15-10)9-4-2-1-3-5-9;/h1-5,8H,6-7,13H2,(H,14,16);1H. The molecule has 0 aliphatic heterocycles. The number of hydrogen-bond donors (Lipinski definition) is 2. The number of nitrogens with one attached hydrogen (secondary N) is 1. The summed E-state index contributed by atoms with van der Waals surface area (Å²) in [4.78, 5) is 16.8. The van der Waals surface area contributed by atoms with E-state index in [0.717, 1.165) is 10.4 Å². The van der Waals surface area contributed by atoms with E-state index in [1.165, 1.54) is 11.3 Å². The highest BCUT2D eigenvalue weighted by atomic mass is 35.5. The summed E-state index contributed by atoms with van der Waals surface area (Å²) < 4.78 is 0. The van der Waals surface area contributed by atoms with Gasteiger partial charge >= 0.3 is 0 Å². The normalized spacial score (nSPS) is 9.61. The average molecular weight is 284 g/mol. The van der Waals surface area contributed by atoms with Gasteiger partial charge in [0.25, 0.3) is 5.91 Å². The minimum Gasteiger partial charge on any atom is -0.349 e. The van der Waals surface area contributed by atoms with Crippen LogP contribution in [0.5, 0.6) is 0 Å². The average Bonchev–Trinajstić information content (AvgIpc) is 2.86. The van der Waals surface area contributed by atoms with Gasteiger partial charge in [0.2, 0.25) is 0 Å². The largest absolute Gasteiger partial charge is 0.349 e. The maximum atomic E-state index is 11.8. The number of thiazole rings is 1. The summed E-state index contributed by atoms with van der Waals surface area (Å²) in [7, 11) is 0. The summed E-state index contributed by atoms with van der Waals surface area (Å²) in [6.07, 6.45) is 0. The monoisotopic (exact) mass is 283 g/mol. The molecule has 2 aromatic rings. The number of nitrogens with two attached hydrogens (primary N) is 1. The third kappa shape index (κ3) is 3.29. The molecule has 96 valence electrons. The first-order chi connectivity index (χ1) is 8.33. The Bertz CT molecular complexity index is 501. The van der Waals surface area contributed by atoms with Crippen LogP contribution >= 0.6 is 23.7 Å². The van der Waals surface area contributed by atoms with Crippen LogP contribution in [0, 0.1) is 0 Å². The predicted octanol–water partition coefficient (Wildman–Crippen LogP) is 1.92. The van der Waals surface area contributed by atoms with E-state index in [4.69, 9.17) is 5.73 Å². The van der Waals surface area contributed by atoms with E-state index < -0.39 is 0 Å². The summed E-state index contributed by atoms with van der Waals surface area (Å²) in [5.74, 6) is -0.171. The molecule has 0 spiro atoms. The van der Waals surface area contributed by atoms with Crippen molar-refractivity contribution in [1.82, 2.24) is 10.3 Å². The summed E-state index contributed by atoms with van der Waals surface area (Å²) in [6.45, 7) is 0.890. The van der Waals surface area contributed by atoms with Gasteiger partial charge in [0.05, 0.1) is 10.4 Å². The van der Waals surface area contributed by atoms with Crippen molar-refractivity contribution in [3.63, 3.8) is 0 Å². The molecule has 1 aromatic carbocycles. The first-order valence-corrected chi connectivity index (χ1v) is 6.18. The van der Waals surface area contributed by atoms with Gasteiger partial charge in [-0.05, 0) is 5.56 Å². The van der Waals surface area contributed by atoms with Gasteiger partial charge in [-0.25, -0.2) is 4.98 Å². The number of hydrogen-bond acceptors (Lipinski definition) is 4. The predicted molar refractivity (Wildman–Crippen MR) is 76.2 cm³/mol. The van der Waals surface area contributed by atoms with E-state index in [1.54, 1.807) is 5.51 Å². The minimum absolute atomic E-state index is 0. The molecule has 0 saturated carbocycles. The van der Waals surface area contributed by atoms with Gasteiger partial charge in [-0.3, -0.25) is 4.79 Å². The number of carbonyl (C=O) groups is 1. The van der Waals surface area contributed by atoms with E-state index in [9.17, 15) is 4.79 Å². The van der Waals surface area contributed by atoms with Crippen LogP contribution in [0.1, 0.15) is 10.5 Å². The number of carbonyl (C=O) groups excluding carboxylic acids is 1. The van der Waals surface area contributed by atoms with Gasteiger partial charge in [-0.1, -0.05) is 30.3 Å². The quantitative estimate of drug-likeness (QED) is 0.901. The maximum Gasteiger partial charge on any atom is 0.271 e. The van der Waals surface area contributed by atoms with E-state index >= 15 is 0 Å². The Labute approximate surface area is 116 Å². The van der Waals surface area contributed by atoms with Crippen molar-refractivity contribution in [1.29, 1.82) is 0 Å². The molecule has 0 bridgehead atoms. The Morgan fingerprint density at radius 1 is 1.33 bits per heavy atom. The van der Waals surface area contributed by atoms with Crippen molar-refractivity contribution < 1.29 is 4.79 Å². The zero-order valence-electron chi connectivity index (χ0n) is 9.63. The number of benzene rings is 1.